The molecule has 0 bridgehead atoms. The summed E-state index contributed by atoms with van der Waals surface area (Å²) in [5, 5.41) is 4.83. The van der Waals surface area contributed by atoms with Crippen LogP contribution in [0.3, 0.4) is 0 Å². The van der Waals surface area contributed by atoms with E-state index in [1.807, 2.05) is 6.92 Å². The van der Waals surface area contributed by atoms with E-state index in [0.29, 0.717) is 12.5 Å². The van der Waals surface area contributed by atoms with Gasteiger partial charge in [0.15, 0.2) is 0 Å². The van der Waals surface area contributed by atoms with Crippen molar-refractivity contribution < 1.29 is 14.4 Å². The van der Waals surface area contributed by atoms with E-state index in [4.69, 9.17) is 5.73 Å². The summed E-state index contributed by atoms with van der Waals surface area (Å²) in [6.45, 7) is 8.02. The standard InChI is InChI=1S/C15H24N4O3/c1-5-6-10(2)8-18-14(21)15(22)19-11(3)7-12(9-17-4)13(16)20/h7,9-10H,3,5-6,8H2,1-2,4H3,(H2,16,20)(H,18,21)(H,19,22)/b12-7+,17-9?. The van der Waals surface area contributed by atoms with E-state index < -0.39 is 17.7 Å². The average Bonchev–Trinajstić information content (AvgIpc) is 2.44. The van der Waals surface area contributed by atoms with Crippen LogP contribution >= 0.6 is 0 Å². The third kappa shape index (κ3) is 7.98. The number of rotatable bonds is 8. The van der Waals surface area contributed by atoms with Crippen LogP contribution in [0.15, 0.2) is 28.9 Å². The van der Waals surface area contributed by atoms with Gasteiger partial charge in [-0.15, -0.1) is 0 Å². The Kier molecular flexibility index (Phi) is 9.17. The zero-order valence-corrected chi connectivity index (χ0v) is 13.3. The number of nitrogens with zero attached hydrogens (tertiary/aromatic N) is 1. The Morgan fingerprint density at radius 3 is 2.45 bits per heavy atom. The number of hydrogen-bond acceptors (Lipinski definition) is 4. The number of allylic oxidation sites excluding steroid dienone is 1. The van der Waals surface area contributed by atoms with Gasteiger partial charge in [0.05, 0.1) is 5.57 Å². The van der Waals surface area contributed by atoms with Crippen molar-refractivity contribution in [1.82, 2.24) is 10.6 Å². The van der Waals surface area contributed by atoms with Gasteiger partial charge < -0.3 is 16.4 Å². The van der Waals surface area contributed by atoms with Crippen LogP contribution in [0.5, 0.6) is 0 Å². The molecule has 22 heavy (non-hydrogen) atoms. The Balaban J connectivity index is 4.52. The molecule has 7 nitrogen and oxygen atoms in total. The molecule has 0 aliphatic heterocycles. The molecule has 3 amide bonds. The van der Waals surface area contributed by atoms with Crippen LogP contribution in [0, 0.1) is 5.92 Å². The van der Waals surface area contributed by atoms with Crippen molar-refractivity contribution in [2.45, 2.75) is 26.7 Å². The molecule has 0 saturated heterocycles. The summed E-state index contributed by atoms with van der Waals surface area (Å²) in [4.78, 5) is 38.1. The highest BCUT2D eigenvalue weighted by Crippen LogP contribution is 2.02. The number of carbonyl (C=O) groups is 3. The number of primary amides is 1. The zero-order chi connectivity index (χ0) is 17.1. The van der Waals surface area contributed by atoms with E-state index in [1.165, 1.54) is 19.3 Å². The summed E-state index contributed by atoms with van der Waals surface area (Å²) in [5.74, 6) is -2.00. The molecule has 1 unspecified atom stereocenters. The molecule has 7 heteroatoms. The lowest BCUT2D eigenvalue weighted by molar-refractivity contribution is -0.138. The van der Waals surface area contributed by atoms with Gasteiger partial charge in [0.1, 0.15) is 0 Å². The predicted octanol–water partition coefficient (Wildman–Crippen LogP) is 0.281. The van der Waals surface area contributed by atoms with Gasteiger partial charge in [0, 0.05) is 25.5 Å². The van der Waals surface area contributed by atoms with Crippen molar-refractivity contribution in [3.05, 3.63) is 23.9 Å². The lowest BCUT2D eigenvalue weighted by Crippen LogP contribution is -2.40. The fraction of sp³-hybridized carbons (Fsp3) is 0.467. The molecule has 0 saturated carbocycles. The van der Waals surface area contributed by atoms with Crippen LogP contribution in [-0.4, -0.2) is 37.5 Å². The van der Waals surface area contributed by atoms with Crippen molar-refractivity contribution in [2.24, 2.45) is 16.6 Å². The van der Waals surface area contributed by atoms with Crippen molar-refractivity contribution >= 4 is 23.9 Å². The molecular formula is C15H24N4O3. The number of amides is 3. The minimum Gasteiger partial charge on any atom is -0.366 e. The maximum absolute atomic E-state index is 11.7. The fourth-order valence-corrected chi connectivity index (χ4v) is 1.68. The second kappa shape index (κ2) is 10.3. The quantitative estimate of drug-likeness (QED) is 0.259. The molecule has 0 fully saturated rings. The fourth-order valence-electron chi connectivity index (χ4n) is 1.68. The summed E-state index contributed by atoms with van der Waals surface area (Å²) in [7, 11) is 1.48. The Morgan fingerprint density at radius 1 is 1.32 bits per heavy atom. The van der Waals surface area contributed by atoms with Crippen molar-refractivity contribution in [2.75, 3.05) is 13.6 Å². The Hall–Kier alpha value is -2.44. The van der Waals surface area contributed by atoms with Crippen LogP contribution < -0.4 is 16.4 Å². The van der Waals surface area contributed by atoms with Gasteiger partial charge in [0.2, 0.25) is 5.91 Å². The van der Waals surface area contributed by atoms with Gasteiger partial charge in [-0.05, 0) is 18.4 Å². The average molecular weight is 308 g/mol. The number of nitrogens with one attached hydrogen (secondary N) is 2. The van der Waals surface area contributed by atoms with Gasteiger partial charge >= 0.3 is 11.8 Å². The topological polar surface area (TPSA) is 114 Å². The molecule has 0 aromatic rings. The van der Waals surface area contributed by atoms with Gasteiger partial charge in [-0.3, -0.25) is 19.4 Å². The molecule has 122 valence electrons. The maximum atomic E-state index is 11.7. The van der Waals surface area contributed by atoms with E-state index in [1.54, 1.807) is 0 Å². The molecule has 0 aromatic heterocycles. The van der Waals surface area contributed by atoms with E-state index in [0.717, 1.165) is 12.8 Å². The number of hydrogen-bond donors (Lipinski definition) is 3. The first-order chi connectivity index (χ1) is 10.3. The Labute approximate surface area is 130 Å². The van der Waals surface area contributed by atoms with Crippen LogP contribution in [0.25, 0.3) is 0 Å². The van der Waals surface area contributed by atoms with Crippen LogP contribution in [0.4, 0.5) is 0 Å². The molecule has 0 aromatic carbocycles. The second-order valence-electron chi connectivity index (χ2n) is 4.93. The number of aliphatic imine (C=N–C) groups is 1. The van der Waals surface area contributed by atoms with Gasteiger partial charge in [-0.2, -0.15) is 0 Å². The molecule has 0 aliphatic rings. The largest absolute Gasteiger partial charge is 0.366 e. The molecular weight excluding hydrogens is 284 g/mol. The third-order valence-corrected chi connectivity index (χ3v) is 2.76. The first-order valence-corrected chi connectivity index (χ1v) is 7.03. The van der Waals surface area contributed by atoms with Gasteiger partial charge in [-0.1, -0.05) is 26.8 Å². The number of nitrogens with two attached hydrogens (primary N) is 1. The highest BCUT2D eigenvalue weighted by atomic mass is 16.2. The minimum atomic E-state index is -0.845. The molecule has 0 heterocycles. The predicted molar refractivity (Wildman–Crippen MR) is 86.1 cm³/mol. The highest BCUT2D eigenvalue weighted by Gasteiger charge is 2.14. The monoisotopic (exact) mass is 308 g/mol. The lowest BCUT2D eigenvalue weighted by Gasteiger charge is -2.11. The zero-order valence-electron chi connectivity index (χ0n) is 13.3. The normalized spacial score (nSPS) is 12.8. The highest BCUT2D eigenvalue weighted by molar-refractivity contribution is 6.35. The summed E-state index contributed by atoms with van der Waals surface area (Å²) < 4.78 is 0. The van der Waals surface area contributed by atoms with Crippen LogP contribution in [-0.2, 0) is 14.4 Å². The Morgan fingerprint density at radius 2 is 1.95 bits per heavy atom. The molecule has 0 rings (SSSR count). The second-order valence-corrected chi connectivity index (χ2v) is 4.93. The first kappa shape index (κ1) is 19.6. The maximum Gasteiger partial charge on any atom is 0.313 e. The molecule has 0 spiro atoms. The lowest BCUT2D eigenvalue weighted by atomic mass is 10.1. The van der Waals surface area contributed by atoms with Crippen molar-refractivity contribution in [3.63, 3.8) is 0 Å². The van der Waals surface area contributed by atoms with Crippen LogP contribution in [0.1, 0.15) is 26.7 Å². The van der Waals surface area contributed by atoms with Gasteiger partial charge in [0.25, 0.3) is 0 Å². The molecule has 4 N–H and O–H groups in total. The van der Waals surface area contributed by atoms with E-state index in [2.05, 4.69) is 29.1 Å². The summed E-state index contributed by atoms with van der Waals surface area (Å²) in [6.07, 6.45) is 4.47. The molecule has 1 atom stereocenters. The van der Waals surface area contributed by atoms with Crippen LogP contribution in [0.2, 0.25) is 0 Å². The summed E-state index contributed by atoms with van der Waals surface area (Å²) in [5.41, 5.74) is 5.29. The summed E-state index contributed by atoms with van der Waals surface area (Å²) in [6, 6.07) is 0. The van der Waals surface area contributed by atoms with E-state index in [9.17, 15) is 14.4 Å². The van der Waals surface area contributed by atoms with Crippen molar-refractivity contribution in [1.29, 1.82) is 0 Å². The first-order valence-electron chi connectivity index (χ1n) is 7.03. The number of carbonyl (C=O) groups excluding carboxylic acids is 3. The van der Waals surface area contributed by atoms with Gasteiger partial charge in [-0.25, -0.2) is 0 Å². The van der Waals surface area contributed by atoms with E-state index >= 15 is 0 Å². The van der Waals surface area contributed by atoms with E-state index in [-0.39, 0.29) is 11.3 Å². The van der Waals surface area contributed by atoms with Crippen molar-refractivity contribution in [3.8, 4) is 0 Å². The molecule has 0 radical (unpaired) electrons. The Bertz CT molecular complexity index is 495. The molecule has 0 aliphatic carbocycles. The summed E-state index contributed by atoms with van der Waals surface area (Å²) >= 11 is 0. The SMILES string of the molecule is C=C(/C=C(\C=NC)C(N)=O)NC(=O)C(=O)NCC(C)CCC. The minimum absolute atomic E-state index is 0.0739. The third-order valence-electron chi connectivity index (χ3n) is 2.76. The smallest absolute Gasteiger partial charge is 0.313 e.